The normalized spacial score (nSPS) is 16.9. The molecule has 0 unspecified atom stereocenters. The molecule has 0 radical (unpaired) electrons. The second-order valence-corrected chi connectivity index (χ2v) is 9.81. The lowest BCUT2D eigenvalue weighted by Crippen LogP contribution is -2.30. The molecule has 0 atom stereocenters. The van der Waals surface area contributed by atoms with Gasteiger partial charge in [0.25, 0.3) is 11.8 Å². The molecule has 8 heteroatoms. The first-order valence-corrected chi connectivity index (χ1v) is 11.6. The van der Waals surface area contributed by atoms with Crippen molar-refractivity contribution in [2.75, 3.05) is 28.2 Å². The van der Waals surface area contributed by atoms with Gasteiger partial charge in [0.05, 0.1) is 11.1 Å². The van der Waals surface area contributed by atoms with Gasteiger partial charge in [-0.25, -0.2) is 0 Å². The van der Waals surface area contributed by atoms with Gasteiger partial charge in [-0.05, 0) is 46.5 Å². The highest BCUT2D eigenvalue weighted by Crippen LogP contribution is 2.28. The molecule has 0 spiro atoms. The second-order valence-electron chi connectivity index (χ2n) is 7.98. The van der Waals surface area contributed by atoms with E-state index in [1.807, 2.05) is 86.8 Å². The van der Waals surface area contributed by atoms with E-state index in [0.29, 0.717) is 24.2 Å². The van der Waals surface area contributed by atoms with E-state index in [1.165, 1.54) is 0 Å². The zero-order valence-electron chi connectivity index (χ0n) is 18.5. The lowest BCUT2D eigenvalue weighted by molar-refractivity contribution is -0.116. The summed E-state index contributed by atoms with van der Waals surface area (Å²) in [6.45, 7) is 1.21. The molecule has 168 valence electrons. The first-order chi connectivity index (χ1) is 15.2. The van der Waals surface area contributed by atoms with Crippen molar-refractivity contribution in [3.63, 3.8) is 0 Å². The molecule has 0 saturated carbocycles. The molecule has 0 aliphatic carbocycles. The Morgan fingerprint density at radius 2 is 1.09 bits per heavy atom. The van der Waals surface area contributed by atoms with E-state index < -0.39 is 0 Å². The van der Waals surface area contributed by atoms with Crippen LogP contribution in [0.25, 0.3) is 11.1 Å². The Balaban J connectivity index is 0.000000181. The summed E-state index contributed by atoms with van der Waals surface area (Å²) in [6, 6.07) is 12.0. The van der Waals surface area contributed by atoms with Gasteiger partial charge in [0.2, 0.25) is 0 Å². The highest BCUT2D eigenvalue weighted by Gasteiger charge is 2.22. The Kier molecular flexibility index (Phi) is 7.79. The average Bonchev–Trinajstić information content (AvgIpc) is 2.72. The fraction of sp³-hybridized carbons (Fsp3) is 0.250. The van der Waals surface area contributed by atoms with Crippen molar-refractivity contribution in [3.8, 4) is 0 Å². The number of halogens is 2. The van der Waals surface area contributed by atoms with Crippen LogP contribution in [-0.2, 0) is 22.7 Å². The van der Waals surface area contributed by atoms with Crippen molar-refractivity contribution in [2.24, 2.45) is 0 Å². The predicted molar refractivity (Wildman–Crippen MR) is 135 cm³/mol. The van der Waals surface area contributed by atoms with Crippen LogP contribution in [0.1, 0.15) is 22.3 Å². The zero-order valence-corrected chi connectivity index (χ0v) is 21.7. The molecule has 0 bridgehead atoms. The first-order valence-electron chi connectivity index (χ1n) is 10.1. The summed E-state index contributed by atoms with van der Waals surface area (Å²) in [5, 5.41) is 5.73. The third kappa shape index (κ3) is 5.81. The minimum atomic E-state index is -0.0145. The molecule has 2 N–H and O–H groups in total. The Morgan fingerprint density at radius 3 is 1.44 bits per heavy atom. The minimum absolute atomic E-state index is 0.0145. The van der Waals surface area contributed by atoms with Crippen LogP contribution in [0.2, 0.25) is 0 Å². The predicted octanol–water partition coefficient (Wildman–Crippen LogP) is 3.96. The number of hydrogen-bond acceptors (Lipinski definition) is 4. The maximum Gasteiger partial charge on any atom is 0.253 e. The fourth-order valence-electron chi connectivity index (χ4n) is 3.47. The van der Waals surface area contributed by atoms with Crippen LogP contribution in [0.4, 0.5) is 0 Å². The summed E-state index contributed by atoms with van der Waals surface area (Å²) in [7, 11) is 7.64. The standard InChI is InChI=1S/2C12H13BrN2O/c2*1-15(2)7-11-10-5-9(13)4-3-8(10)6-14-12(11)16/h2*3-5,7H,6H2,1-2H3,(H,14,16)/b11-7+;11-7-. The summed E-state index contributed by atoms with van der Waals surface area (Å²) in [5.41, 5.74) is 5.74. The van der Waals surface area contributed by atoms with E-state index >= 15 is 0 Å². The number of benzene rings is 2. The van der Waals surface area contributed by atoms with Gasteiger partial charge >= 0.3 is 0 Å². The van der Waals surface area contributed by atoms with Crippen molar-refractivity contribution in [1.82, 2.24) is 20.4 Å². The van der Waals surface area contributed by atoms with Crippen molar-refractivity contribution in [3.05, 3.63) is 80.0 Å². The lowest BCUT2D eigenvalue weighted by atomic mass is 9.96. The van der Waals surface area contributed by atoms with Crippen LogP contribution < -0.4 is 10.6 Å². The van der Waals surface area contributed by atoms with Crippen molar-refractivity contribution < 1.29 is 9.59 Å². The maximum atomic E-state index is 11.8. The Bertz CT molecular complexity index is 1020. The quantitative estimate of drug-likeness (QED) is 0.545. The Hall–Kier alpha value is -2.58. The number of carbonyl (C=O) groups excluding carboxylic acids is 2. The van der Waals surface area contributed by atoms with E-state index in [1.54, 1.807) is 0 Å². The Labute approximate surface area is 205 Å². The number of fused-ring (bicyclic) bond motifs is 2. The van der Waals surface area contributed by atoms with Gasteiger partial charge in [-0.3, -0.25) is 9.59 Å². The van der Waals surface area contributed by atoms with Crippen molar-refractivity contribution in [1.29, 1.82) is 0 Å². The number of rotatable bonds is 2. The molecule has 2 aliphatic heterocycles. The molecule has 2 aromatic rings. The number of nitrogens with zero attached hydrogens (tertiary/aromatic N) is 2. The number of nitrogens with one attached hydrogen (secondary N) is 2. The highest BCUT2D eigenvalue weighted by molar-refractivity contribution is 9.10. The van der Waals surface area contributed by atoms with Gasteiger partial charge in [-0.2, -0.15) is 0 Å². The molecule has 0 aromatic heterocycles. The van der Waals surface area contributed by atoms with Crippen LogP contribution in [-0.4, -0.2) is 49.8 Å². The summed E-state index contributed by atoms with van der Waals surface area (Å²) in [5.74, 6) is -0.0291. The molecule has 0 fully saturated rings. The molecule has 2 aliphatic rings. The molecule has 32 heavy (non-hydrogen) atoms. The molecule has 4 rings (SSSR count). The van der Waals surface area contributed by atoms with Gasteiger partial charge in [0.1, 0.15) is 0 Å². The van der Waals surface area contributed by atoms with Gasteiger partial charge in [-0.15, -0.1) is 0 Å². The largest absolute Gasteiger partial charge is 0.383 e. The topological polar surface area (TPSA) is 64.7 Å². The first kappa shape index (κ1) is 24.1. The number of amides is 2. The summed E-state index contributed by atoms with van der Waals surface area (Å²) >= 11 is 6.86. The van der Waals surface area contributed by atoms with E-state index in [-0.39, 0.29) is 11.8 Å². The van der Waals surface area contributed by atoms with E-state index in [2.05, 4.69) is 42.5 Å². The molecule has 2 aromatic carbocycles. The van der Waals surface area contributed by atoms with Crippen LogP contribution in [0, 0.1) is 0 Å². The summed E-state index contributed by atoms with van der Waals surface area (Å²) in [4.78, 5) is 27.3. The molecular weight excluding hydrogens is 536 g/mol. The molecule has 2 amide bonds. The van der Waals surface area contributed by atoms with Gasteiger partial charge in [0.15, 0.2) is 0 Å². The zero-order chi connectivity index (χ0) is 23.4. The smallest absolute Gasteiger partial charge is 0.253 e. The van der Waals surface area contributed by atoms with Crippen LogP contribution >= 0.6 is 31.9 Å². The second kappa shape index (κ2) is 10.4. The third-order valence-electron chi connectivity index (χ3n) is 4.87. The molecule has 2 heterocycles. The average molecular weight is 562 g/mol. The summed E-state index contributed by atoms with van der Waals surface area (Å²) in [6.07, 6.45) is 3.69. The van der Waals surface area contributed by atoms with Crippen LogP contribution in [0.15, 0.2) is 57.7 Å². The fourth-order valence-corrected chi connectivity index (χ4v) is 4.19. The maximum absolute atomic E-state index is 11.8. The minimum Gasteiger partial charge on any atom is -0.383 e. The molecular formula is C24H26Br2N4O2. The van der Waals surface area contributed by atoms with Gasteiger partial charge in [-0.1, -0.05) is 44.0 Å². The van der Waals surface area contributed by atoms with E-state index in [9.17, 15) is 9.59 Å². The van der Waals surface area contributed by atoms with Gasteiger partial charge < -0.3 is 20.4 Å². The number of hydrogen-bond donors (Lipinski definition) is 2. The summed E-state index contributed by atoms with van der Waals surface area (Å²) < 4.78 is 1.98. The Morgan fingerprint density at radius 1 is 0.719 bits per heavy atom. The van der Waals surface area contributed by atoms with Crippen LogP contribution in [0.5, 0.6) is 0 Å². The van der Waals surface area contributed by atoms with Crippen molar-refractivity contribution >= 4 is 54.8 Å². The van der Waals surface area contributed by atoms with Gasteiger partial charge in [0, 0.05) is 62.6 Å². The molecule has 0 saturated heterocycles. The lowest BCUT2D eigenvalue weighted by Gasteiger charge is -2.21. The van der Waals surface area contributed by atoms with E-state index in [0.717, 1.165) is 31.2 Å². The molecule has 6 nitrogen and oxygen atoms in total. The highest BCUT2D eigenvalue weighted by atomic mass is 79.9. The number of carbonyl (C=O) groups is 2. The van der Waals surface area contributed by atoms with Crippen LogP contribution in [0.3, 0.4) is 0 Å². The third-order valence-corrected chi connectivity index (χ3v) is 5.85. The van der Waals surface area contributed by atoms with Crippen molar-refractivity contribution in [2.45, 2.75) is 13.1 Å². The monoisotopic (exact) mass is 560 g/mol. The van der Waals surface area contributed by atoms with E-state index in [4.69, 9.17) is 0 Å². The SMILES string of the molecule is CN(C)/C=C1/C(=O)NCc2ccc(Br)cc21.CN(C)/C=C1\C(=O)NCc2ccc(Br)cc21.